The van der Waals surface area contributed by atoms with Gasteiger partial charge in [-0.1, -0.05) is 6.07 Å². The average molecular weight is 359 g/mol. The Morgan fingerprint density at radius 1 is 1.19 bits per heavy atom. The lowest BCUT2D eigenvalue weighted by Crippen LogP contribution is -2.37. The first-order chi connectivity index (χ1) is 12.1. The molecular formula is C18H23N4O4+. The molecule has 0 aliphatic heterocycles. The zero-order valence-electron chi connectivity index (χ0n) is 15.5. The van der Waals surface area contributed by atoms with Crippen LogP contribution >= 0.6 is 0 Å². The third-order valence-corrected chi connectivity index (χ3v) is 5.29. The lowest BCUT2D eigenvalue weighted by Gasteiger charge is -2.13. The molecule has 2 aromatic heterocycles. The molecule has 0 aliphatic rings. The van der Waals surface area contributed by atoms with Gasteiger partial charge in [0.25, 0.3) is 0 Å². The molecule has 0 spiro atoms. The van der Waals surface area contributed by atoms with Gasteiger partial charge in [-0.3, -0.25) is 13.9 Å². The monoisotopic (exact) mass is 359 g/mol. The van der Waals surface area contributed by atoms with Gasteiger partial charge in [0.1, 0.15) is 5.69 Å². The SMILES string of the molecule is Cc1c(C)[n+](C)c([C@@H](CC(=O)O)c2ccc3c(c2)n(C)c(=O)n3C)n1O. The molecule has 8 heteroatoms. The third-order valence-electron chi connectivity index (χ3n) is 5.29. The minimum atomic E-state index is -0.964. The lowest BCUT2D eigenvalue weighted by atomic mass is 9.94. The Morgan fingerprint density at radius 2 is 1.81 bits per heavy atom. The van der Waals surface area contributed by atoms with E-state index in [4.69, 9.17) is 0 Å². The van der Waals surface area contributed by atoms with Crippen molar-refractivity contribution in [2.75, 3.05) is 0 Å². The van der Waals surface area contributed by atoms with Gasteiger partial charge in [-0.15, -0.1) is 0 Å². The number of nitrogens with zero attached hydrogens (tertiary/aromatic N) is 4. The number of carboxylic acids is 1. The number of aryl methyl sites for hydroxylation is 2. The number of carboxylic acid groups (broad SMARTS) is 1. The number of benzene rings is 1. The fourth-order valence-electron chi connectivity index (χ4n) is 3.54. The summed E-state index contributed by atoms with van der Waals surface area (Å²) in [7, 11) is 5.18. The highest BCUT2D eigenvalue weighted by Gasteiger charge is 2.34. The number of imidazole rings is 2. The smallest absolute Gasteiger partial charge is 0.328 e. The topological polar surface area (TPSA) is 93.3 Å². The minimum absolute atomic E-state index is 0.144. The van der Waals surface area contributed by atoms with Crippen molar-refractivity contribution >= 4 is 17.0 Å². The Bertz CT molecular complexity index is 1060. The molecule has 3 aromatic rings. The molecule has 0 saturated carbocycles. The molecule has 3 rings (SSSR count). The van der Waals surface area contributed by atoms with E-state index in [1.54, 1.807) is 37.2 Å². The van der Waals surface area contributed by atoms with Gasteiger partial charge in [-0.25, -0.2) is 9.36 Å². The molecular weight excluding hydrogens is 336 g/mol. The molecule has 2 heterocycles. The minimum Gasteiger partial charge on any atom is -0.481 e. The van der Waals surface area contributed by atoms with Gasteiger partial charge < -0.3 is 10.3 Å². The van der Waals surface area contributed by atoms with Crippen molar-refractivity contribution in [3.05, 3.63) is 51.5 Å². The number of aliphatic carboxylic acids is 1. The molecule has 138 valence electrons. The predicted octanol–water partition coefficient (Wildman–Crippen LogP) is 0.964. The van der Waals surface area contributed by atoms with Gasteiger partial charge in [-0.05, 0) is 22.4 Å². The van der Waals surface area contributed by atoms with E-state index in [9.17, 15) is 19.9 Å². The summed E-state index contributed by atoms with van der Waals surface area (Å²) in [4.78, 5) is 23.7. The Kier molecular flexibility index (Phi) is 4.14. The van der Waals surface area contributed by atoms with E-state index in [0.717, 1.165) is 27.0 Å². The van der Waals surface area contributed by atoms with E-state index in [1.165, 1.54) is 4.57 Å². The summed E-state index contributed by atoms with van der Waals surface area (Å²) < 4.78 is 5.94. The van der Waals surface area contributed by atoms with Crippen LogP contribution in [0, 0.1) is 13.8 Å². The maximum absolute atomic E-state index is 12.2. The van der Waals surface area contributed by atoms with Crippen LogP contribution in [-0.2, 0) is 25.9 Å². The Labute approximate surface area is 150 Å². The van der Waals surface area contributed by atoms with Crippen LogP contribution in [0.1, 0.15) is 35.1 Å². The van der Waals surface area contributed by atoms with Crippen molar-refractivity contribution in [1.29, 1.82) is 0 Å². The summed E-state index contributed by atoms with van der Waals surface area (Å²) in [6.45, 7) is 3.65. The van der Waals surface area contributed by atoms with Crippen molar-refractivity contribution in [3.63, 3.8) is 0 Å². The molecule has 0 saturated heterocycles. The normalized spacial score (nSPS) is 12.7. The molecule has 0 aliphatic carbocycles. The first-order valence-electron chi connectivity index (χ1n) is 8.29. The number of hydrogen-bond donors (Lipinski definition) is 2. The summed E-state index contributed by atoms with van der Waals surface area (Å²) in [6.07, 6.45) is -0.177. The fraction of sp³-hybridized carbons (Fsp3) is 0.389. The van der Waals surface area contributed by atoms with Crippen LogP contribution in [0.3, 0.4) is 0 Å². The summed E-state index contributed by atoms with van der Waals surface area (Å²) in [5, 5.41) is 19.9. The Balaban J connectivity index is 2.26. The van der Waals surface area contributed by atoms with Crippen LogP contribution in [0.2, 0.25) is 0 Å². The first-order valence-corrected chi connectivity index (χ1v) is 8.29. The van der Waals surface area contributed by atoms with Crippen LogP contribution in [-0.4, -0.2) is 30.1 Å². The highest BCUT2D eigenvalue weighted by atomic mass is 16.5. The van der Waals surface area contributed by atoms with Crippen molar-refractivity contribution in [1.82, 2.24) is 13.9 Å². The molecule has 0 unspecified atom stereocenters. The Morgan fingerprint density at radius 3 is 2.35 bits per heavy atom. The van der Waals surface area contributed by atoms with E-state index in [1.807, 2.05) is 25.1 Å². The van der Waals surface area contributed by atoms with Crippen LogP contribution in [0.4, 0.5) is 0 Å². The van der Waals surface area contributed by atoms with Gasteiger partial charge >= 0.3 is 17.5 Å². The number of hydrogen-bond acceptors (Lipinski definition) is 3. The van der Waals surface area contributed by atoms with Crippen molar-refractivity contribution in [2.24, 2.45) is 21.1 Å². The van der Waals surface area contributed by atoms with Crippen LogP contribution in [0.15, 0.2) is 23.0 Å². The summed E-state index contributed by atoms with van der Waals surface area (Å²) >= 11 is 0. The number of rotatable bonds is 4. The summed E-state index contributed by atoms with van der Waals surface area (Å²) in [5.74, 6) is -1.04. The quantitative estimate of drug-likeness (QED) is 0.536. The van der Waals surface area contributed by atoms with Crippen molar-refractivity contribution < 1.29 is 19.7 Å². The number of aromatic nitrogens is 4. The molecule has 1 aromatic carbocycles. The van der Waals surface area contributed by atoms with E-state index in [0.29, 0.717) is 11.5 Å². The largest absolute Gasteiger partial charge is 0.481 e. The summed E-state index contributed by atoms with van der Waals surface area (Å²) in [6, 6.07) is 5.44. The lowest BCUT2D eigenvalue weighted by molar-refractivity contribution is -0.686. The van der Waals surface area contributed by atoms with E-state index >= 15 is 0 Å². The second-order valence-corrected chi connectivity index (χ2v) is 6.70. The Hall–Kier alpha value is -3.03. The average Bonchev–Trinajstić information content (AvgIpc) is 2.93. The first kappa shape index (κ1) is 17.8. The van der Waals surface area contributed by atoms with Crippen LogP contribution < -0.4 is 10.3 Å². The molecule has 0 radical (unpaired) electrons. The molecule has 8 nitrogen and oxygen atoms in total. The maximum atomic E-state index is 12.2. The zero-order chi connectivity index (χ0) is 19.3. The molecule has 0 amide bonds. The fourth-order valence-corrected chi connectivity index (χ4v) is 3.54. The molecule has 2 N–H and O–H groups in total. The molecule has 1 atom stereocenters. The second kappa shape index (κ2) is 6.05. The summed E-state index contributed by atoms with van der Waals surface area (Å²) in [5.41, 5.74) is 3.58. The van der Waals surface area contributed by atoms with E-state index in [-0.39, 0.29) is 12.1 Å². The van der Waals surface area contributed by atoms with Crippen molar-refractivity contribution in [2.45, 2.75) is 26.2 Å². The predicted molar refractivity (Wildman–Crippen MR) is 94.5 cm³/mol. The zero-order valence-corrected chi connectivity index (χ0v) is 15.5. The van der Waals surface area contributed by atoms with Crippen LogP contribution in [0.25, 0.3) is 11.0 Å². The highest BCUT2D eigenvalue weighted by Crippen LogP contribution is 2.29. The molecule has 26 heavy (non-hydrogen) atoms. The van der Waals surface area contributed by atoms with Gasteiger partial charge in [0.2, 0.25) is 0 Å². The number of fused-ring (bicyclic) bond motifs is 1. The van der Waals surface area contributed by atoms with Gasteiger partial charge in [-0.2, -0.15) is 0 Å². The van der Waals surface area contributed by atoms with Gasteiger partial charge in [0, 0.05) is 27.9 Å². The molecule has 0 bridgehead atoms. The molecule has 0 fully saturated rings. The van der Waals surface area contributed by atoms with Gasteiger partial charge in [0.15, 0.2) is 5.69 Å². The third kappa shape index (κ3) is 2.49. The number of carbonyl (C=O) groups is 1. The second-order valence-electron chi connectivity index (χ2n) is 6.70. The highest BCUT2D eigenvalue weighted by molar-refractivity contribution is 5.77. The standard InChI is InChI=1S/C18H22N4O4/c1-10-11(2)22(26)17(19(10)3)13(9-16(23)24)12-6-7-14-15(8-12)21(5)18(25)20(14)4/h6-8,13H,9H2,1-5H3,(H-,23,24,26)/p+1/t13-/m0/s1. The van der Waals surface area contributed by atoms with Crippen molar-refractivity contribution in [3.8, 4) is 0 Å². The van der Waals surface area contributed by atoms with E-state index in [2.05, 4.69) is 0 Å². The van der Waals surface area contributed by atoms with E-state index < -0.39 is 11.9 Å². The maximum Gasteiger partial charge on any atom is 0.328 e. The van der Waals surface area contributed by atoms with Crippen LogP contribution in [0.5, 0.6) is 0 Å². The van der Waals surface area contributed by atoms with Gasteiger partial charge in [0.05, 0.1) is 30.4 Å².